The second-order valence-electron chi connectivity index (χ2n) is 5.01. The highest BCUT2D eigenvalue weighted by Crippen LogP contribution is 2.35. The first-order valence-corrected chi connectivity index (χ1v) is 5.22. The van der Waals surface area contributed by atoms with Gasteiger partial charge >= 0.3 is 0 Å². The van der Waals surface area contributed by atoms with E-state index in [2.05, 4.69) is 52.0 Å². The van der Waals surface area contributed by atoms with Crippen LogP contribution in [0.2, 0.25) is 0 Å². The van der Waals surface area contributed by atoms with Crippen LogP contribution >= 0.6 is 0 Å². The molecule has 0 saturated heterocycles. The van der Waals surface area contributed by atoms with Gasteiger partial charge in [-0.2, -0.15) is 0 Å². The van der Waals surface area contributed by atoms with Gasteiger partial charge in [0.25, 0.3) is 0 Å². The Kier molecular flexibility index (Phi) is 3.33. The summed E-state index contributed by atoms with van der Waals surface area (Å²) in [5.41, 5.74) is 8.83. The second kappa shape index (κ2) is 4.14. The Bertz CT molecular complexity index is 296. The molecule has 1 heteroatoms. The van der Waals surface area contributed by atoms with E-state index in [4.69, 9.17) is 5.73 Å². The van der Waals surface area contributed by atoms with E-state index in [1.807, 2.05) is 0 Å². The van der Waals surface area contributed by atoms with Crippen molar-refractivity contribution in [3.63, 3.8) is 0 Å². The predicted molar refractivity (Wildman–Crippen MR) is 62.4 cm³/mol. The molecule has 1 nitrogen and oxygen atoms in total. The van der Waals surface area contributed by atoms with Gasteiger partial charge < -0.3 is 5.73 Å². The number of aryl methyl sites for hydroxylation is 1. The summed E-state index contributed by atoms with van der Waals surface area (Å²) in [5.74, 6) is 0.448. The first-order valence-electron chi connectivity index (χ1n) is 5.22. The summed E-state index contributed by atoms with van der Waals surface area (Å²) in [6, 6.07) is 8.52. The Labute approximate surface area is 87.3 Å². The van der Waals surface area contributed by atoms with Gasteiger partial charge in [0.05, 0.1) is 0 Å². The summed E-state index contributed by atoms with van der Waals surface area (Å²) in [6.45, 7) is 9.61. The standard InChI is InChI=1S/C13H21N/c1-10-7-5-6-8-11(10)12(9-14)13(2,3)4/h5-8,12H,9,14H2,1-4H3. The van der Waals surface area contributed by atoms with Crippen LogP contribution in [0, 0.1) is 12.3 Å². The minimum absolute atomic E-state index is 0.237. The lowest BCUT2D eigenvalue weighted by atomic mass is 9.75. The zero-order valence-electron chi connectivity index (χ0n) is 9.67. The van der Waals surface area contributed by atoms with Gasteiger partial charge in [0.15, 0.2) is 0 Å². The average molecular weight is 191 g/mol. The summed E-state index contributed by atoms with van der Waals surface area (Å²) in [6.07, 6.45) is 0. The molecule has 1 aromatic rings. The zero-order chi connectivity index (χ0) is 10.8. The Hall–Kier alpha value is -0.820. The molecule has 0 saturated carbocycles. The third-order valence-electron chi connectivity index (χ3n) is 2.84. The molecule has 0 fully saturated rings. The van der Waals surface area contributed by atoms with Gasteiger partial charge in [-0.25, -0.2) is 0 Å². The monoisotopic (exact) mass is 191 g/mol. The maximum atomic E-state index is 5.86. The lowest BCUT2D eigenvalue weighted by Crippen LogP contribution is -2.26. The number of benzene rings is 1. The van der Waals surface area contributed by atoms with Crippen LogP contribution in [0.5, 0.6) is 0 Å². The van der Waals surface area contributed by atoms with Crippen molar-refractivity contribution >= 4 is 0 Å². The van der Waals surface area contributed by atoms with E-state index in [9.17, 15) is 0 Å². The van der Waals surface area contributed by atoms with Gasteiger partial charge in [-0.1, -0.05) is 45.0 Å². The molecule has 0 radical (unpaired) electrons. The minimum Gasteiger partial charge on any atom is -0.330 e. The quantitative estimate of drug-likeness (QED) is 0.764. The van der Waals surface area contributed by atoms with Crippen molar-refractivity contribution in [1.29, 1.82) is 0 Å². The van der Waals surface area contributed by atoms with Crippen molar-refractivity contribution < 1.29 is 0 Å². The van der Waals surface area contributed by atoms with Crippen molar-refractivity contribution in [2.75, 3.05) is 6.54 Å². The highest BCUT2D eigenvalue weighted by Gasteiger charge is 2.25. The van der Waals surface area contributed by atoms with Crippen molar-refractivity contribution in [2.24, 2.45) is 11.1 Å². The summed E-state index contributed by atoms with van der Waals surface area (Å²) < 4.78 is 0. The molecule has 14 heavy (non-hydrogen) atoms. The zero-order valence-corrected chi connectivity index (χ0v) is 9.67. The van der Waals surface area contributed by atoms with Gasteiger partial charge in [0.2, 0.25) is 0 Å². The fourth-order valence-electron chi connectivity index (χ4n) is 1.92. The van der Waals surface area contributed by atoms with Crippen molar-refractivity contribution in [2.45, 2.75) is 33.6 Å². The molecule has 1 aromatic carbocycles. The largest absolute Gasteiger partial charge is 0.330 e. The maximum absolute atomic E-state index is 5.86. The topological polar surface area (TPSA) is 26.0 Å². The molecule has 1 unspecified atom stereocenters. The van der Waals surface area contributed by atoms with Crippen molar-refractivity contribution in [1.82, 2.24) is 0 Å². The van der Waals surface area contributed by atoms with Crippen LogP contribution in [0.15, 0.2) is 24.3 Å². The molecule has 0 aliphatic carbocycles. The predicted octanol–water partition coefficient (Wildman–Crippen LogP) is 3.08. The number of hydrogen-bond donors (Lipinski definition) is 1. The lowest BCUT2D eigenvalue weighted by Gasteiger charge is -2.31. The molecule has 1 atom stereocenters. The molecule has 0 spiro atoms. The first-order chi connectivity index (χ1) is 6.46. The van der Waals surface area contributed by atoms with Crippen LogP contribution in [-0.2, 0) is 0 Å². The van der Waals surface area contributed by atoms with E-state index < -0.39 is 0 Å². The fraction of sp³-hybridized carbons (Fsp3) is 0.538. The van der Waals surface area contributed by atoms with Gasteiger partial charge in [-0.05, 0) is 30.0 Å². The molecule has 0 heterocycles. The normalized spacial score (nSPS) is 14.1. The maximum Gasteiger partial charge on any atom is 0.00124 e. The Morgan fingerprint density at radius 2 is 1.79 bits per heavy atom. The molecule has 2 N–H and O–H groups in total. The molecule has 0 bridgehead atoms. The molecule has 78 valence electrons. The summed E-state index contributed by atoms with van der Waals surface area (Å²) >= 11 is 0. The van der Waals surface area contributed by atoms with Crippen LogP contribution < -0.4 is 5.73 Å². The Morgan fingerprint density at radius 3 is 2.21 bits per heavy atom. The molecular formula is C13H21N. The number of hydrogen-bond acceptors (Lipinski definition) is 1. The third-order valence-corrected chi connectivity index (χ3v) is 2.84. The van der Waals surface area contributed by atoms with Crippen LogP contribution in [-0.4, -0.2) is 6.54 Å². The summed E-state index contributed by atoms with van der Waals surface area (Å²) in [7, 11) is 0. The smallest absolute Gasteiger partial charge is 0.00124 e. The van der Waals surface area contributed by atoms with E-state index in [0.717, 1.165) is 0 Å². The molecule has 0 aromatic heterocycles. The molecule has 0 amide bonds. The Morgan fingerprint density at radius 1 is 1.21 bits per heavy atom. The van der Waals surface area contributed by atoms with E-state index in [1.54, 1.807) is 0 Å². The minimum atomic E-state index is 0.237. The average Bonchev–Trinajstić information content (AvgIpc) is 2.07. The van der Waals surface area contributed by atoms with Gasteiger partial charge in [-0.15, -0.1) is 0 Å². The van der Waals surface area contributed by atoms with Crippen LogP contribution in [0.1, 0.15) is 37.8 Å². The van der Waals surface area contributed by atoms with Gasteiger partial charge in [0, 0.05) is 5.92 Å². The van der Waals surface area contributed by atoms with E-state index >= 15 is 0 Å². The SMILES string of the molecule is Cc1ccccc1C(CN)C(C)(C)C. The third kappa shape index (κ3) is 2.36. The van der Waals surface area contributed by atoms with E-state index in [-0.39, 0.29) is 5.41 Å². The second-order valence-corrected chi connectivity index (χ2v) is 5.01. The lowest BCUT2D eigenvalue weighted by molar-refractivity contribution is 0.324. The number of nitrogens with two attached hydrogens (primary N) is 1. The summed E-state index contributed by atoms with van der Waals surface area (Å²) in [5, 5.41) is 0. The van der Waals surface area contributed by atoms with Gasteiger partial charge in [0.1, 0.15) is 0 Å². The van der Waals surface area contributed by atoms with Crippen LogP contribution in [0.3, 0.4) is 0 Å². The highest BCUT2D eigenvalue weighted by molar-refractivity contribution is 5.30. The van der Waals surface area contributed by atoms with Crippen molar-refractivity contribution in [3.05, 3.63) is 35.4 Å². The number of rotatable bonds is 2. The van der Waals surface area contributed by atoms with Crippen molar-refractivity contribution in [3.8, 4) is 0 Å². The van der Waals surface area contributed by atoms with E-state index in [0.29, 0.717) is 12.5 Å². The first kappa shape index (κ1) is 11.3. The van der Waals surface area contributed by atoms with Gasteiger partial charge in [-0.3, -0.25) is 0 Å². The molecule has 0 aliphatic rings. The Balaban J connectivity index is 3.08. The van der Waals surface area contributed by atoms with Crippen LogP contribution in [0.4, 0.5) is 0 Å². The molecular weight excluding hydrogens is 170 g/mol. The van der Waals surface area contributed by atoms with Crippen LogP contribution in [0.25, 0.3) is 0 Å². The van der Waals surface area contributed by atoms with E-state index in [1.165, 1.54) is 11.1 Å². The molecule has 0 aliphatic heterocycles. The highest BCUT2D eigenvalue weighted by atomic mass is 14.6. The fourth-order valence-corrected chi connectivity index (χ4v) is 1.92. The summed E-state index contributed by atoms with van der Waals surface area (Å²) in [4.78, 5) is 0. The molecule has 1 rings (SSSR count).